The van der Waals surface area contributed by atoms with E-state index in [-0.39, 0.29) is 11.6 Å². The molecule has 0 saturated carbocycles. The average Bonchev–Trinajstić information content (AvgIpc) is 2.03. The summed E-state index contributed by atoms with van der Waals surface area (Å²) in [6.07, 6.45) is 0.343. The zero-order chi connectivity index (χ0) is 9.84. The quantitative estimate of drug-likeness (QED) is 0.535. The van der Waals surface area contributed by atoms with Gasteiger partial charge in [0.25, 0.3) is 0 Å². The molecule has 0 fully saturated rings. The number of ketones is 1. The number of carbonyl (C=O) groups is 1. The van der Waals surface area contributed by atoms with Gasteiger partial charge in [-0.25, -0.2) is 0 Å². The Labute approximate surface area is 77.1 Å². The minimum absolute atomic E-state index is 0.0110. The van der Waals surface area contributed by atoms with E-state index in [2.05, 4.69) is 0 Å². The highest BCUT2D eigenvalue weighted by molar-refractivity contribution is 5.97. The maximum atomic E-state index is 10.9. The van der Waals surface area contributed by atoms with Crippen molar-refractivity contribution in [1.29, 1.82) is 5.41 Å². The number of benzene rings is 1. The van der Waals surface area contributed by atoms with E-state index >= 15 is 0 Å². The molecule has 0 radical (unpaired) electrons. The number of nitrogen functional groups attached to an aromatic ring is 1. The van der Waals surface area contributed by atoms with E-state index < -0.39 is 0 Å². The molecule has 3 nitrogen and oxygen atoms in total. The molecule has 1 aromatic rings. The van der Waals surface area contributed by atoms with Crippen LogP contribution >= 0.6 is 0 Å². The smallest absolute Gasteiger partial charge is 0.134 e. The highest BCUT2D eigenvalue weighted by Gasteiger charge is 2.05. The third-order valence-corrected chi connectivity index (χ3v) is 1.75. The first-order valence-electron chi connectivity index (χ1n) is 4.03. The van der Waals surface area contributed by atoms with Crippen molar-refractivity contribution in [1.82, 2.24) is 0 Å². The summed E-state index contributed by atoms with van der Waals surface area (Å²) in [6.45, 7) is 1.52. The first kappa shape index (κ1) is 9.45. The Morgan fingerprint density at radius 3 is 2.62 bits per heavy atom. The molecule has 0 aliphatic rings. The molecule has 3 N–H and O–H groups in total. The molecule has 3 heteroatoms. The second kappa shape index (κ2) is 3.85. The molecule has 1 aromatic carbocycles. The van der Waals surface area contributed by atoms with E-state index in [1.54, 1.807) is 12.1 Å². The van der Waals surface area contributed by atoms with E-state index in [1.165, 1.54) is 6.92 Å². The van der Waals surface area contributed by atoms with E-state index in [0.29, 0.717) is 12.0 Å². The molecule has 0 amide bonds. The maximum absolute atomic E-state index is 10.9. The Morgan fingerprint density at radius 1 is 1.46 bits per heavy atom. The molecule has 0 atom stereocenters. The van der Waals surface area contributed by atoms with Crippen LogP contribution in [0.1, 0.15) is 18.1 Å². The summed E-state index contributed by atoms with van der Waals surface area (Å²) in [7, 11) is 0. The minimum atomic E-state index is 0.0110. The van der Waals surface area contributed by atoms with Gasteiger partial charge in [-0.15, -0.1) is 0 Å². The van der Waals surface area contributed by atoms with Gasteiger partial charge in [0.1, 0.15) is 11.6 Å². The molecule has 0 saturated heterocycles. The van der Waals surface area contributed by atoms with Crippen LogP contribution in [0.4, 0.5) is 0 Å². The number of nitrogens with two attached hydrogens (primary N) is 1. The summed E-state index contributed by atoms with van der Waals surface area (Å²) in [5.41, 5.74) is 6.83. The van der Waals surface area contributed by atoms with Gasteiger partial charge in [0.15, 0.2) is 0 Å². The lowest BCUT2D eigenvalue weighted by molar-refractivity contribution is -0.116. The van der Waals surface area contributed by atoms with Gasteiger partial charge in [-0.05, 0) is 12.5 Å². The molecule has 0 spiro atoms. The molecule has 0 aliphatic heterocycles. The molecule has 0 heterocycles. The fourth-order valence-electron chi connectivity index (χ4n) is 1.21. The molecular weight excluding hydrogens is 164 g/mol. The Balaban J connectivity index is 3.04. The van der Waals surface area contributed by atoms with E-state index in [4.69, 9.17) is 11.1 Å². The van der Waals surface area contributed by atoms with Gasteiger partial charge in [-0.1, -0.05) is 24.3 Å². The number of nitrogens with one attached hydrogen (secondary N) is 1. The second-order valence-electron chi connectivity index (χ2n) is 2.95. The van der Waals surface area contributed by atoms with Crippen LogP contribution in [0.15, 0.2) is 24.3 Å². The monoisotopic (exact) mass is 176 g/mol. The summed E-state index contributed by atoms with van der Waals surface area (Å²) in [5, 5.41) is 7.29. The third-order valence-electron chi connectivity index (χ3n) is 1.75. The van der Waals surface area contributed by atoms with Crippen molar-refractivity contribution in [2.75, 3.05) is 0 Å². The Bertz CT molecular complexity index is 345. The van der Waals surface area contributed by atoms with Crippen LogP contribution in [-0.4, -0.2) is 11.6 Å². The summed E-state index contributed by atoms with van der Waals surface area (Å²) < 4.78 is 0. The lowest BCUT2D eigenvalue weighted by atomic mass is 10.0. The van der Waals surface area contributed by atoms with Crippen LogP contribution in [0.3, 0.4) is 0 Å². The average molecular weight is 176 g/mol. The summed E-state index contributed by atoms with van der Waals surface area (Å²) in [5.74, 6) is 0.0885. The molecular formula is C10H12N2O. The van der Waals surface area contributed by atoms with Crippen LogP contribution in [-0.2, 0) is 11.2 Å². The van der Waals surface area contributed by atoms with Crippen molar-refractivity contribution in [2.45, 2.75) is 13.3 Å². The van der Waals surface area contributed by atoms with Gasteiger partial charge in [-0.2, -0.15) is 0 Å². The largest absolute Gasteiger partial charge is 0.384 e. The number of rotatable bonds is 3. The highest BCUT2D eigenvalue weighted by Crippen LogP contribution is 2.08. The van der Waals surface area contributed by atoms with E-state index in [9.17, 15) is 4.79 Å². The summed E-state index contributed by atoms with van der Waals surface area (Å²) in [4.78, 5) is 10.9. The zero-order valence-electron chi connectivity index (χ0n) is 7.50. The van der Waals surface area contributed by atoms with Crippen LogP contribution in [0.2, 0.25) is 0 Å². The molecule has 0 aromatic heterocycles. The standard InChI is InChI=1S/C10H12N2O/c1-7(13)6-8-4-2-3-5-9(8)10(11)12/h2-5H,6H2,1H3,(H3,11,12). The van der Waals surface area contributed by atoms with E-state index in [0.717, 1.165) is 5.56 Å². The third kappa shape index (κ3) is 2.40. The van der Waals surface area contributed by atoms with Gasteiger partial charge >= 0.3 is 0 Å². The van der Waals surface area contributed by atoms with Crippen LogP contribution in [0.5, 0.6) is 0 Å². The van der Waals surface area contributed by atoms with Crippen LogP contribution in [0, 0.1) is 5.41 Å². The van der Waals surface area contributed by atoms with Crippen molar-refractivity contribution in [3.8, 4) is 0 Å². The molecule has 0 bridgehead atoms. The molecule has 0 unspecified atom stereocenters. The topological polar surface area (TPSA) is 66.9 Å². The fourth-order valence-corrected chi connectivity index (χ4v) is 1.21. The summed E-state index contributed by atoms with van der Waals surface area (Å²) >= 11 is 0. The SMILES string of the molecule is CC(=O)Cc1ccccc1C(=N)N. The lowest BCUT2D eigenvalue weighted by Gasteiger charge is -2.04. The minimum Gasteiger partial charge on any atom is -0.384 e. The molecule has 68 valence electrons. The van der Waals surface area contributed by atoms with Gasteiger partial charge < -0.3 is 5.73 Å². The number of hydrogen-bond donors (Lipinski definition) is 2. The Morgan fingerprint density at radius 2 is 2.08 bits per heavy atom. The Hall–Kier alpha value is -1.64. The first-order valence-corrected chi connectivity index (χ1v) is 4.03. The predicted molar refractivity (Wildman–Crippen MR) is 51.8 cm³/mol. The predicted octanol–water partition coefficient (Wildman–Crippen LogP) is 1.10. The van der Waals surface area contributed by atoms with Gasteiger partial charge in [0, 0.05) is 12.0 Å². The van der Waals surface area contributed by atoms with Crippen molar-refractivity contribution in [2.24, 2.45) is 5.73 Å². The van der Waals surface area contributed by atoms with Crippen molar-refractivity contribution < 1.29 is 4.79 Å². The van der Waals surface area contributed by atoms with Crippen LogP contribution < -0.4 is 5.73 Å². The van der Waals surface area contributed by atoms with Crippen molar-refractivity contribution in [3.05, 3.63) is 35.4 Å². The van der Waals surface area contributed by atoms with Crippen LogP contribution in [0.25, 0.3) is 0 Å². The molecule has 1 rings (SSSR count). The maximum Gasteiger partial charge on any atom is 0.134 e. The van der Waals surface area contributed by atoms with Gasteiger partial charge in [0.2, 0.25) is 0 Å². The zero-order valence-corrected chi connectivity index (χ0v) is 7.50. The van der Waals surface area contributed by atoms with Gasteiger partial charge in [-0.3, -0.25) is 10.2 Å². The molecule has 0 aliphatic carbocycles. The number of carbonyl (C=O) groups excluding carboxylic acids is 1. The van der Waals surface area contributed by atoms with Crippen molar-refractivity contribution in [3.63, 3.8) is 0 Å². The number of Topliss-reactive ketones (excluding diaryl/α,β-unsaturated/α-hetero) is 1. The highest BCUT2D eigenvalue weighted by atomic mass is 16.1. The van der Waals surface area contributed by atoms with Gasteiger partial charge in [0.05, 0.1) is 0 Å². The lowest BCUT2D eigenvalue weighted by Crippen LogP contribution is -2.14. The number of amidine groups is 1. The van der Waals surface area contributed by atoms with E-state index in [1.807, 2.05) is 12.1 Å². The first-order chi connectivity index (χ1) is 6.11. The van der Waals surface area contributed by atoms with Crippen molar-refractivity contribution >= 4 is 11.6 Å². The normalized spacial score (nSPS) is 9.62. The second-order valence-corrected chi connectivity index (χ2v) is 2.95. The Kier molecular flexibility index (Phi) is 2.80. The summed E-state index contributed by atoms with van der Waals surface area (Å²) in [6, 6.07) is 7.21. The molecule has 13 heavy (non-hydrogen) atoms. The fraction of sp³-hybridized carbons (Fsp3) is 0.200. The number of hydrogen-bond acceptors (Lipinski definition) is 2.